The summed E-state index contributed by atoms with van der Waals surface area (Å²) in [4.78, 5) is 0. The van der Waals surface area contributed by atoms with Gasteiger partial charge in [0.1, 0.15) is 0 Å². The second-order valence-corrected chi connectivity index (χ2v) is 5.43. The van der Waals surface area contributed by atoms with Gasteiger partial charge in [0, 0.05) is 0 Å². The molecule has 0 aromatic carbocycles. The lowest BCUT2D eigenvalue weighted by molar-refractivity contribution is 0.227. The molecule has 0 spiro atoms. The van der Waals surface area contributed by atoms with Gasteiger partial charge < -0.3 is 5.11 Å². The Labute approximate surface area is 132 Å². The van der Waals surface area contributed by atoms with Crippen LogP contribution in [0.1, 0.15) is 71.6 Å². The van der Waals surface area contributed by atoms with E-state index in [1.54, 1.807) is 0 Å². The number of rotatable bonds is 13. The number of hydrogen-bond acceptors (Lipinski definition) is 1. The topological polar surface area (TPSA) is 20.2 Å². The zero-order valence-corrected chi connectivity index (χ0v) is 14.0. The highest BCUT2D eigenvalue weighted by molar-refractivity contribution is 5.07. The second kappa shape index (κ2) is 17.0. The van der Waals surface area contributed by atoms with E-state index < -0.39 is 0 Å². The minimum Gasteiger partial charge on any atom is -0.389 e. The van der Waals surface area contributed by atoms with Gasteiger partial charge >= 0.3 is 0 Å². The molecule has 0 aliphatic heterocycles. The first-order valence-corrected chi connectivity index (χ1v) is 8.62. The Morgan fingerprint density at radius 3 is 2.24 bits per heavy atom. The summed E-state index contributed by atoms with van der Waals surface area (Å²) in [6, 6.07) is 0. The standard InChI is InChI=1S/C20H34O/c1-3-5-7-9-11-12-13-15-17-19-20(21)18-16-14-10-8-6-4-2/h9,11,13-17,19-21H,3-8,10,12,18H2,1-2H3. The second-order valence-electron chi connectivity index (χ2n) is 5.43. The van der Waals surface area contributed by atoms with Gasteiger partial charge in [-0.25, -0.2) is 0 Å². The predicted molar refractivity (Wildman–Crippen MR) is 95.5 cm³/mol. The van der Waals surface area contributed by atoms with Crippen molar-refractivity contribution in [3.8, 4) is 0 Å². The Morgan fingerprint density at radius 2 is 1.48 bits per heavy atom. The molecule has 0 fully saturated rings. The maximum absolute atomic E-state index is 9.77. The number of aliphatic hydroxyl groups excluding tert-OH is 1. The zero-order chi connectivity index (χ0) is 15.6. The average Bonchev–Trinajstić information content (AvgIpc) is 2.49. The third-order valence-corrected chi connectivity index (χ3v) is 3.26. The van der Waals surface area contributed by atoms with Gasteiger partial charge in [0.2, 0.25) is 0 Å². The Balaban J connectivity index is 3.60. The molecule has 0 aliphatic rings. The van der Waals surface area contributed by atoms with Crippen molar-refractivity contribution in [3.63, 3.8) is 0 Å². The lowest BCUT2D eigenvalue weighted by atomic mass is 10.1. The van der Waals surface area contributed by atoms with Crippen molar-refractivity contribution in [2.75, 3.05) is 0 Å². The molecule has 0 bridgehead atoms. The quantitative estimate of drug-likeness (QED) is 0.246. The third kappa shape index (κ3) is 16.9. The third-order valence-electron chi connectivity index (χ3n) is 3.26. The molecule has 0 aromatic rings. The fourth-order valence-corrected chi connectivity index (χ4v) is 1.91. The van der Waals surface area contributed by atoms with Crippen molar-refractivity contribution in [1.29, 1.82) is 0 Å². The van der Waals surface area contributed by atoms with E-state index in [0.717, 1.165) is 12.8 Å². The molecule has 1 N–H and O–H groups in total. The van der Waals surface area contributed by atoms with E-state index in [2.05, 4.69) is 44.2 Å². The SMILES string of the molecule is CCCCC=CCC=CC=CC(O)CC=CCCCCC. The molecular weight excluding hydrogens is 256 g/mol. The fraction of sp³-hybridized carbons (Fsp3) is 0.600. The molecule has 0 radical (unpaired) electrons. The van der Waals surface area contributed by atoms with E-state index in [-0.39, 0.29) is 6.10 Å². The molecule has 0 saturated carbocycles. The number of hydrogen-bond donors (Lipinski definition) is 1. The van der Waals surface area contributed by atoms with Gasteiger partial charge in [0.25, 0.3) is 0 Å². The lowest BCUT2D eigenvalue weighted by Gasteiger charge is -1.99. The maximum atomic E-state index is 9.77. The number of aliphatic hydroxyl groups is 1. The summed E-state index contributed by atoms with van der Waals surface area (Å²) in [5.74, 6) is 0. The van der Waals surface area contributed by atoms with E-state index in [1.807, 2.05) is 18.2 Å². The molecule has 1 unspecified atom stereocenters. The molecular formula is C20H34O. The smallest absolute Gasteiger partial charge is 0.0758 e. The summed E-state index contributed by atoms with van der Waals surface area (Å²) in [5.41, 5.74) is 0. The Morgan fingerprint density at radius 1 is 0.762 bits per heavy atom. The van der Waals surface area contributed by atoms with Crippen LogP contribution >= 0.6 is 0 Å². The largest absolute Gasteiger partial charge is 0.389 e. The minimum atomic E-state index is -0.364. The predicted octanol–water partition coefficient (Wildman–Crippen LogP) is 6.12. The molecule has 1 nitrogen and oxygen atoms in total. The molecule has 0 amide bonds. The van der Waals surface area contributed by atoms with Crippen LogP contribution in [0.2, 0.25) is 0 Å². The van der Waals surface area contributed by atoms with Gasteiger partial charge in [0.05, 0.1) is 6.10 Å². The van der Waals surface area contributed by atoms with Crippen LogP contribution in [0, 0.1) is 0 Å². The van der Waals surface area contributed by atoms with Crippen molar-refractivity contribution < 1.29 is 5.11 Å². The van der Waals surface area contributed by atoms with E-state index >= 15 is 0 Å². The summed E-state index contributed by atoms with van der Waals surface area (Å²) >= 11 is 0. The van der Waals surface area contributed by atoms with Crippen LogP contribution in [0.5, 0.6) is 0 Å². The van der Waals surface area contributed by atoms with Gasteiger partial charge in [-0.05, 0) is 32.1 Å². The van der Waals surface area contributed by atoms with Crippen LogP contribution in [0.25, 0.3) is 0 Å². The van der Waals surface area contributed by atoms with Crippen LogP contribution in [0.3, 0.4) is 0 Å². The minimum absolute atomic E-state index is 0.364. The van der Waals surface area contributed by atoms with Gasteiger partial charge in [-0.2, -0.15) is 0 Å². The molecule has 0 heterocycles. The van der Waals surface area contributed by atoms with E-state index in [1.165, 1.54) is 38.5 Å². The van der Waals surface area contributed by atoms with E-state index in [4.69, 9.17) is 0 Å². The summed E-state index contributed by atoms with van der Waals surface area (Å²) in [5, 5.41) is 9.77. The molecule has 1 atom stereocenters. The number of allylic oxidation sites excluding steroid dienone is 6. The highest BCUT2D eigenvalue weighted by atomic mass is 16.3. The molecule has 0 aromatic heterocycles. The molecule has 0 aliphatic carbocycles. The fourth-order valence-electron chi connectivity index (χ4n) is 1.91. The first-order valence-electron chi connectivity index (χ1n) is 8.62. The maximum Gasteiger partial charge on any atom is 0.0758 e. The monoisotopic (exact) mass is 290 g/mol. The number of unbranched alkanes of at least 4 members (excludes halogenated alkanes) is 5. The normalized spacial score (nSPS) is 14.2. The van der Waals surface area contributed by atoms with E-state index in [9.17, 15) is 5.11 Å². The zero-order valence-electron chi connectivity index (χ0n) is 14.0. The van der Waals surface area contributed by atoms with Crippen molar-refractivity contribution in [2.45, 2.75) is 77.7 Å². The van der Waals surface area contributed by atoms with Gasteiger partial charge in [0.15, 0.2) is 0 Å². The van der Waals surface area contributed by atoms with Crippen LogP contribution < -0.4 is 0 Å². The Kier molecular flexibility index (Phi) is 16.1. The van der Waals surface area contributed by atoms with Crippen molar-refractivity contribution in [2.24, 2.45) is 0 Å². The van der Waals surface area contributed by atoms with Crippen molar-refractivity contribution >= 4 is 0 Å². The summed E-state index contributed by atoms with van der Waals surface area (Å²) in [6.45, 7) is 4.43. The highest BCUT2D eigenvalue weighted by Crippen LogP contribution is 2.02. The summed E-state index contributed by atoms with van der Waals surface area (Å²) < 4.78 is 0. The van der Waals surface area contributed by atoms with Gasteiger partial charge in [-0.3, -0.25) is 0 Å². The van der Waals surface area contributed by atoms with Crippen molar-refractivity contribution in [1.82, 2.24) is 0 Å². The Bertz CT molecular complexity index is 310. The van der Waals surface area contributed by atoms with E-state index in [0.29, 0.717) is 6.42 Å². The van der Waals surface area contributed by atoms with Gasteiger partial charge in [-0.1, -0.05) is 88.1 Å². The first kappa shape index (κ1) is 19.9. The average molecular weight is 290 g/mol. The van der Waals surface area contributed by atoms with Crippen LogP contribution in [-0.2, 0) is 0 Å². The lowest BCUT2D eigenvalue weighted by Crippen LogP contribution is -1.98. The Hall–Kier alpha value is -1.08. The van der Waals surface area contributed by atoms with Crippen LogP contribution in [0.4, 0.5) is 0 Å². The van der Waals surface area contributed by atoms with Gasteiger partial charge in [-0.15, -0.1) is 0 Å². The highest BCUT2D eigenvalue weighted by Gasteiger charge is 1.92. The molecule has 120 valence electrons. The first-order chi connectivity index (χ1) is 10.3. The molecule has 21 heavy (non-hydrogen) atoms. The van der Waals surface area contributed by atoms with Crippen molar-refractivity contribution in [3.05, 3.63) is 48.6 Å². The molecule has 1 heteroatoms. The summed E-state index contributed by atoms with van der Waals surface area (Å²) in [6.07, 6.45) is 26.6. The molecule has 0 rings (SSSR count). The molecule has 0 saturated heterocycles. The van der Waals surface area contributed by atoms with Crippen LogP contribution in [-0.4, -0.2) is 11.2 Å². The van der Waals surface area contributed by atoms with Crippen LogP contribution in [0.15, 0.2) is 48.6 Å². The summed E-state index contributed by atoms with van der Waals surface area (Å²) in [7, 11) is 0.